The largest absolute Gasteiger partial charge is 0.493 e. The van der Waals surface area contributed by atoms with Gasteiger partial charge in [0, 0.05) is 16.1 Å². The van der Waals surface area contributed by atoms with Crippen LogP contribution in [0.5, 0.6) is 5.75 Å². The molecule has 1 unspecified atom stereocenters. The Morgan fingerprint density at radius 2 is 2.16 bits per heavy atom. The maximum Gasteiger partial charge on any atom is 0.124 e. The second kappa shape index (κ2) is 9.16. The molecular formula is C16H24BrNO. The number of allylic oxidation sites excluding steroid dienone is 1. The van der Waals surface area contributed by atoms with Crippen molar-refractivity contribution in [3.63, 3.8) is 0 Å². The normalized spacial score (nSPS) is 12.2. The third-order valence-corrected chi connectivity index (χ3v) is 3.67. The summed E-state index contributed by atoms with van der Waals surface area (Å²) in [6, 6.07) is 6.47. The van der Waals surface area contributed by atoms with Crippen molar-refractivity contribution < 1.29 is 4.74 Å². The molecule has 0 aliphatic rings. The van der Waals surface area contributed by atoms with Gasteiger partial charge < -0.3 is 10.1 Å². The predicted octanol–water partition coefficient (Wildman–Crippen LogP) is 4.85. The van der Waals surface area contributed by atoms with Crippen LogP contribution in [0.25, 0.3) is 0 Å². The topological polar surface area (TPSA) is 21.3 Å². The lowest BCUT2D eigenvalue weighted by Crippen LogP contribution is -2.14. The van der Waals surface area contributed by atoms with Gasteiger partial charge in [-0.3, -0.25) is 0 Å². The summed E-state index contributed by atoms with van der Waals surface area (Å²) in [7, 11) is 1.96. The number of hydrogen-bond donors (Lipinski definition) is 1. The number of nitrogens with one attached hydrogen (secondary N) is 1. The lowest BCUT2D eigenvalue weighted by Gasteiger charge is -2.17. The highest BCUT2D eigenvalue weighted by Crippen LogP contribution is 2.28. The second-order valence-corrected chi connectivity index (χ2v) is 5.59. The van der Waals surface area contributed by atoms with Crippen molar-refractivity contribution in [3.8, 4) is 5.75 Å². The van der Waals surface area contributed by atoms with Crippen LogP contribution in [0.2, 0.25) is 0 Å². The van der Waals surface area contributed by atoms with Gasteiger partial charge in [0.25, 0.3) is 0 Å². The first-order chi connectivity index (χ1) is 9.19. The second-order valence-electron chi connectivity index (χ2n) is 4.68. The highest BCUT2D eigenvalue weighted by atomic mass is 79.9. The molecule has 1 N–H and O–H groups in total. The molecule has 0 aliphatic carbocycles. The summed E-state index contributed by atoms with van der Waals surface area (Å²) in [4.78, 5) is 0. The molecule has 0 saturated heterocycles. The molecule has 2 nitrogen and oxygen atoms in total. The summed E-state index contributed by atoms with van der Waals surface area (Å²) in [5.41, 5.74) is 1.20. The van der Waals surface area contributed by atoms with Crippen LogP contribution in [0.4, 0.5) is 0 Å². The third-order valence-electron chi connectivity index (χ3n) is 3.18. The highest BCUT2D eigenvalue weighted by molar-refractivity contribution is 9.10. The van der Waals surface area contributed by atoms with E-state index in [0.29, 0.717) is 0 Å². The van der Waals surface area contributed by atoms with Gasteiger partial charge in [-0.2, -0.15) is 0 Å². The number of halogens is 1. The summed E-state index contributed by atoms with van der Waals surface area (Å²) in [6.07, 6.45) is 6.56. The van der Waals surface area contributed by atoms with Crippen molar-refractivity contribution in [1.82, 2.24) is 5.32 Å². The van der Waals surface area contributed by atoms with Crippen LogP contribution in [0.1, 0.15) is 44.2 Å². The van der Waals surface area contributed by atoms with Crippen LogP contribution >= 0.6 is 15.9 Å². The number of unbranched alkanes of at least 4 members (excludes halogenated alkanes) is 3. The van der Waals surface area contributed by atoms with E-state index in [-0.39, 0.29) is 6.04 Å². The first-order valence-corrected chi connectivity index (χ1v) is 7.68. The van der Waals surface area contributed by atoms with Crippen LogP contribution in [0.3, 0.4) is 0 Å². The Morgan fingerprint density at radius 3 is 2.84 bits per heavy atom. The molecule has 1 aromatic carbocycles. The van der Waals surface area contributed by atoms with Crippen LogP contribution in [-0.4, -0.2) is 13.7 Å². The van der Waals surface area contributed by atoms with E-state index in [4.69, 9.17) is 4.74 Å². The van der Waals surface area contributed by atoms with Gasteiger partial charge in [0.2, 0.25) is 0 Å². The van der Waals surface area contributed by atoms with Crippen molar-refractivity contribution in [2.24, 2.45) is 0 Å². The number of hydrogen-bond acceptors (Lipinski definition) is 2. The predicted molar refractivity (Wildman–Crippen MR) is 85.8 cm³/mol. The van der Waals surface area contributed by atoms with Crippen molar-refractivity contribution in [2.75, 3.05) is 13.7 Å². The van der Waals surface area contributed by atoms with Crippen molar-refractivity contribution in [2.45, 2.75) is 38.6 Å². The number of rotatable bonds is 9. The first kappa shape index (κ1) is 16.3. The van der Waals surface area contributed by atoms with Crippen LogP contribution < -0.4 is 10.1 Å². The first-order valence-electron chi connectivity index (χ1n) is 6.89. The van der Waals surface area contributed by atoms with E-state index < -0.39 is 0 Å². The van der Waals surface area contributed by atoms with Crippen molar-refractivity contribution in [1.29, 1.82) is 0 Å². The minimum absolute atomic E-state index is 0.285. The molecule has 0 heterocycles. The molecule has 0 aliphatic heterocycles. The van der Waals surface area contributed by atoms with E-state index in [1.807, 2.05) is 25.3 Å². The molecule has 0 spiro atoms. The van der Waals surface area contributed by atoms with E-state index in [1.54, 1.807) is 0 Å². The zero-order valence-corrected chi connectivity index (χ0v) is 13.5. The minimum atomic E-state index is 0.285. The Balaban J connectivity index is 2.50. The maximum atomic E-state index is 5.91. The van der Waals surface area contributed by atoms with E-state index in [2.05, 4.69) is 40.8 Å². The average molecular weight is 326 g/mol. The standard InChI is InChI=1S/C16H24BrNO/c1-4-5-6-7-8-11-19-16-10-9-14(17)12-15(16)13(2)18-3/h4,9-10,12-13,18H,1,5-8,11H2,2-3H3. The smallest absolute Gasteiger partial charge is 0.124 e. The summed E-state index contributed by atoms with van der Waals surface area (Å²) >= 11 is 3.51. The minimum Gasteiger partial charge on any atom is -0.493 e. The lowest BCUT2D eigenvalue weighted by atomic mass is 10.1. The van der Waals surface area contributed by atoms with Gasteiger partial charge in [-0.25, -0.2) is 0 Å². The van der Waals surface area contributed by atoms with E-state index in [9.17, 15) is 0 Å². The van der Waals surface area contributed by atoms with Gasteiger partial charge in [-0.1, -0.05) is 22.0 Å². The van der Waals surface area contributed by atoms with Gasteiger partial charge in [-0.05, 0) is 57.9 Å². The third kappa shape index (κ3) is 5.79. The van der Waals surface area contributed by atoms with Crippen LogP contribution in [-0.2, 0) is 0 Å². The maximum absolute atomic E-state index is 5.91. The van der Waals surface area contributed by atoms with Gasteiger partial charge in [-0.15, -0.1) is 6.58 Å². The Bertz CT molecular complexity index is 392. The molecule has 19 heavy (non-hydrogen) atoms. The molecule has 1 atom stereocenters. The van der Waals surface area contributed by atoms with Crippen molar-refractivity contribution in [3.05, 3.63) is 40.9 Å². The Kier molecular flexibility index (Phi) is 7.84. The summed E-state index contributed by atoms with van der Waals surface area (Å²) in [5, 5.41) is 3.26. The fraction of sp³-hybridized carbons (Fsp3) is 0.500. The molecule has 106 valence electrons. The van der Waals surface area contributed by atoms with Crippen LogP contribution in [0.15, 0.2) is 35.3 Å². The zero-order chi connectivity index (χ0) is 14.1. The fourth-order valence-corrected chi connectivity index (χ4v) is 2.27. The SMILES string of the molecule is C=CCCCCCOc1ccc(Br)cc1C(C)NC. The number of benzene rings is 1. The Hall–Kier alpha value is -0.800. The monoisotopic (exact) mass is 325 g/mol. The molecule has 0 radical (unpaired) electrons. The van der Waals surface area contributed by atoms with Gasteiger partial charge in [0.05, 0.1) is 6.61 Å². The zero-order valence-electron chi connectivity index (χ0n) is 11.9. The molecule has 0 bridgehead atoms. The molecule has 0 fully saturated rings. The van der Waals surface area contributed by atoms with E-state index in [1.165, 1.54) is 18.4 Å². The molecular weight excluding hydrogens is 302 g/mol. The Morgan fingerprint density at radius 1 is 1.37 bits per heavy atom. The average Bonchev–Trinajstić information content (AvgIpc) is 2.43. The molecule has 3 heteroatoms. The Labute approximate surface area is 125 Å². The van der Waals surface area contributed by atoms with Gasteiger partial charge in [0.15, 0.2) is 0 Å². The molecule has 0 amide bonds. The van der Waals surface area contributed by atoms with E-state index in [0.717, 1.165) is 29.7 Å². The summed E-state index contributed by atoms with van der Waals surface area (Å²) in [5.74, 6) is 0.980. The number of ether oxygens (including phenoxy) is 1. The summed E-state index contributed by atoms with van der Waals surface area (Å²) < 4.78 is 6.99. The van der Waals surface area contributed by atoms with Gasteiger partial charge >= 0.3 is 0 Å². The van der Waals surface area contributed by atoms with Gasteiger partial charge in [0.1, 0.15) is 5.75 Å². The quantitative estimate of drug-likeness (QED) is 0.517. The lowest BCUT2D eigenvalue weighted by molar-refractivity contribution is 0.300. The van der Waals surface area contributed by atoms with Crippen molar-refractivity contribution >= 4 is 15.9 Å². The molecule has 1 aromatic rings. The highest BCUT2D eigenvalue weighted by Gasteiger charge is 2.10. The molecule has 0 aromatic heterocycles. The van der Waals surface area contributed by atoms with E-state index >= 15 is 0 Å². The van der Waals surface area contributed by atoms with Crippen LogP contribution in [0, 0.1) is 0 Å². The molecule has 1 rings (SSSR count). The summed E-state index contributed by atoms with van der Waals surface area (Å²) in [6.45, 7) is 6.65. The molecule has 0 saturated carbocycles. The fourth-order valence-electron chi connectivity index (χ4n) is 1.89.